The van der Waals surface area contributed by atoms with Gasteiger partial charge in [0.25, 0.3) is 0 Å². The molecule has 1 saturated carbocycles. The third-order valence-corrected chi connectivity index (χ3v) is 4.29. The van der Waals surface area contributed by atoms with Gasteiger partial charge >= 0.3 is 0 Å². The average Bonchev–Trinajstić information content (AvgIpc) is 2.38. The Morgan fingerprint density at radius 3 is 2.56 bits per heavy atom. The minimum absolute atomic E-state index is 0.274. The smallest absolute Gasteiger partial charge is 0.225 e. The van der Waals surface area contributed by atoms with Crippen LogP contribution in [-0.2, 0) is 0 Å². The van der Waals surface area contributed by atoms with E-state index in [2.05, 4.69) is 14.9 Å². The fourth-order valence-electron chi connectivity index (χ4n) is 2.84. The van der Waals surface area contributed by atoms with Crippen molar-refractivity contribution in [2.24, 2.45) is 5.92 Å². The van der Waals surface area contributed by atoms with E-state index in [0.717, 1.165) is 31.9 Å². The van der Waals surface area contributed by atoms with Crippen molar-refractivity contribution in [2.45, 2.75) is 38.0 Å². The summed E-state index contributed by atoms with van der Waals surface area (Å²) in [6.07, 6.45) is 10.2. The average molecular weight is 247 g/mol. The van der Waals surface area contributed by atoms with Crippen molar-refractivity contribution in [3.63, 3.8) is 0 Å². The van der Waals surface area contributed by atoms with Gasteiger partial charge in [-0.15, -0.1) is 0 Å². The normalized spacial score (nSPS) is 24.9. The number of nitrogens with zero attached hydrogens (tertiary/aromatic N) is 3. The van der Waals surface area contributed by atoms with Crippen molar-refractivity contribution in [3.05, 3.63) is 18.0 Å². The lowest BCUT2D eigenvalue weighted by atomic mass is 9.81. The highest BCUT2D eigenvalue weighted by molar-refractivity contribution is 5.31. The van der Waals surface area contributed by atoms with Gasteiger partial charge in [-0.05, 0) is 43.1 Å². The number of aromatic nitrogens is 2. The Morgan fingerprint density at radius 2 is 1.94 bits per heavy atom. The summed E-state index contributed by atoms with van der Waals surface area (Å²) in [5, 5.41) is 9.24. The highest BCUT2D eigenvalue weighted by Gasteiger charge is 2.23. The van der Waals surface area contributed by atoms with Crippen LogP contribution in [0.4, 0.5) is 5.95 Å². The molecule has 1 saturated heterocycles. The SMILES string of the molecule is OCC1CCCN(c2ncc(C3CCC3)cn2)C1. The largest absolute Gasteiger partial charge is 0.396 e. The zero-order valence-corrected chi connectivity index (χ0v) is 10.8. The van der Waals surface area contributed by atoms with Gasteiger partial charge in [-0.2, -0.15) is 0 Å². The monoisotopic (exact) mass is 247 g/mol. The predicted molar refractivity (Wildman–Crippen MR) is 70.6 cm³/mol. The number of piperidine rings is 1. The Hall–Kier alpha value is -1.16. The fraction of sp³-hybridized carbons (Fsp3) is 0.714. The molecule has 2 aliphatic rings. The summed E-state index contributed by atoms with van der Waals surface area (Å²) < 4.78 is 0. The Labute approximate surface area is 108 Å². The van der Waals surface area contributed by atoms with E-state index in [1.807, 2.05) is 12.4 Å². The number of aliphatic hydroxyl groups excluding tert-OH is 1. The number of rotatable bonds is 3. The van der Waals surface area contributed by atoms with Crippen molar-refractivity contribution in [2.75, 3.05) is 24.6 Å². The Morgan fingerprint density at radius 1 is 1.17 bits per heavy atom. The first-order valence-electron chi connectivity index (χ1n) is 7.04. The zero-order chi connectivity index (χ0) is 12.4. The van der Waals surface area contributed by atoms with Gasteiger partial charge in [-0.1, -0.05) is 6.42 Å². The van der Waals surface area contributed by atoms with Crippen LogP contribution in [0.1, 0.15) is 43.6 Å². The Balaban J connectivity index is 1.67. The molecule has 1 aromatic rings. The van der Waals surface area contributed by atoms with Crippen molar-refractivity contribution in [1.29, 1.82) is 0 Å². The molecule has 4 heteroatoms. The number of hydrogen-bond donors (Lipinski definition) is 1. The van der Waals surface area contributed by atoms with E-state index in [-0.39, 0.29) is 6.61 Å². The Kier molecular flexibility index (Phi) is 3.46. The van der Waals surface area contributed by atoms with Gasteiger partial charge in [0.1, 0.15) is 0 Å². The summed E-state index contributed by atoms with van der Waals surface area (Å²) in [6, 6.07) is 0. The topological polar surface area (TPSA) is 49.2 Å². The van der Waals surface area contributed by atoms with Crippen molar-refractivity contribution >= 4 is 5.95 Å². The molecular formula is C14H21N3O. The van der Waals surface area contributed by atoms with Crippen LogP contribution < -0.4 is 4.90 Å². The lowest BCUT2D eigenvalue weighted by Crippen LogP contribution is -2.37. The van der Waals surface area contributed by atoms with Crippen LogP contribution in [0.5, 0.6) is 0 Å². The second-order valence-corrected chi connectivity index (χ2v) is 5.58. The van der Waals surface area contributed by atoms with Crippen LogP contribution in [0.15, 0.2) is 12.4 Å². The molecular weight excluding hydrogens is 226 g/mol. The lowest BCUT2D eigenvalue weighted by Gasteiger charge is -2.32. The fourth-order valence-corrected chi connectivity index (χ4v) is 2.84. The minimum Gasteiger partial charge on any atom is -0.396 e. The third kappa shape index (κ3) is 2.34. The summed E-state index contributed by atoms with van der Waals surface area (Å²) >= 11 is 0. The summed E-state index contributed by atoms with van der Waals surface area (Å²) in [4.78, 5) is 11.2. The third-order valence-electron chi connectivity index (χ3n) is 4.29. The maximum Gasteiger partial charge on any atom is 0.225 e. The summed E-state index contributed by atoms with van der Waals surface area (Å²) in [6.45, 7) is 2.18. The first-order valence-corrected chi connectivity index (χ1v) is 7.04. The first-order chi connectivity index (χ1) is 8.86. The van der Waals surface area contributed by atoms with Gasteiger partial charge in [-0.25, -0.2) is 9.97 Å². The van der Waals surface area contributed by atoms with Crippen LogP contribution in [0.3, 0.4) is 0 Å². The molecule has 3 rings (SSSR count). The second kappa shape index (κ2) is 5.22. The number of hydrogen-bond acceptors (Lipinski definition) is 4. The molecule has 1 unspecified atom stereocenters. The second-order valence-electron chi connectivity index (χ2n) is 5.58. The molecule has 0 radical (unpaired) electrons. The molecule has 98 valence electrons. The quantitative estimate of drug-likeness (QED) is 0.887. The molecule has 1 aliphatic heterocycles. The van der Waals surface area contributed by atoms with E-state index in [0.29, 0.717) is 11.8 Å². The van der Waals surface area contributed by atoms with Gasteiger partial charge in [0.05, 0.1) is 0 Å². The van der Waals surface area contributed by atoms with E-state index >= 15 is 0 Å². The van der Waals surface area contributed by atoms with E-state index in [4.69, 9.17) is 0 Å². The molecule has 1 N–H and O–H groups in total. The molecule has 0 amide bonds. The van der Waals surface area contributed by atoms with Gasteiger partial charge in [0.15, 0.2) is 0 Å². The Bertz CT molecular complexity index is 389. The lowest BCUT2D eigenvalue weighted by molar-refractivity contribution is 0.208. The number of anilines is 1. The molecule has 0 aromatic carbocycles. The van der Waals surface area contributed by atoms with E-state index < -0.39 is 0 Å². The van der Waals surface area contributed by atoms with Crippen LogP contribution in [0.25, 0.3) is 0 Å². The van der Waals surface area contributed by atoms with Crippen molar-refractivity contribution in [3.8, 4) is 0 Å². The van der Waals surface area contributed by atoms with Crippen LogP contribution in [0, 0.1) is 5.92 Å². The van der Waals surface area contributed by atoms with E-state index in [1.165, 1.54) is 24.8 Å². The summed E-state index contributed by atoms with van der Waals surface area (Å²) in [7, 11) is 0. The van der Waals surface area contributed by atoms with Gasteiger partial charge in [0.2, 0.25) is 5.95 Å². The van der Waals surface area contributed by atoms with Crippen LogP contribution in [-0.4, -0.2) is 34.8 Å². The van der Waals surface area contributed by atoms with Crippen molar-refractivity contribution < 1.29 is 5.11 Å². The standard InChI is InChI=1S/C14H21N3O/c18-10-11-3-2-6-17(9-11)14-15-7-13(8-16-14)12-4-1-5-12/h7-8,11-12,18H,1-6,9-10H2. The molecule has 18 heavy (non-hydrogen) atoms. The van der Waals surface area contributed by atoms with E-state index in [9.17, 15) is 5.11 Å². The molecule has 1 aliphatic carbocycles. The van der Waals surface area contributed by atoms with Gasteiger partial charge in [-0.3, -0.25) is 0 Å². The maximum absolute atomic E-state index is 9.24. The molecule has 2 fully saturated rings. The molecule has 2 heterocycles. The van der Waals surface area contributed by atoms with Crippen LogP contribution >= 0.6 is 0 Å². The van der Waals surface area contributed by atoms with E-state index in [1.54, 1.807) is 0 Å². The molecule has 4 nitrogen and oxygen atoms in total. The van der Waals surface area contributed by atoms with Gasteiger partial charge in [0, 0.05) is 32.1 Å². The molecule has 0 spiro atoms. The highest BCUT2D eigenvalue weighted by Crippen LogP contribution is 2.35. The molecule has 0 bridgehead atoms. The number of aliphatic hydroxyl groups is 1. The summed E-state index contributed by atoms with van der Waals surface area (Å²) in [5.74, 6) is 1.91. The van der Waals surface area contributed by atoms with Gasteiger partial charge < -0.3 is 10.0 Å². The zero-order valence-electron chi connectivity index (χ0n) is 10.8. The van der Waals surface area contributed by atoms with Crippen LogP contribution in [0.2, 0.25) is 0 Å². The molecule has 1 atom stereocenters. The maximum atomic E-state index is 9.24. The predicted octanol–water partition coefficient (Wildman–Crippen LogP) is 1.95. The minimum atomic E-state index is 0.274. The first kappa shape index (κ1) is 11.9. The molecule has 1 aromatic heterocycles. The summed E-state index contributed by atoms with van der Waals surface area (Å²) in [5.41, 5.74) is 1.29. The highest BCUT2D eigenvalue weighted by atomic mass is 16.3. The van der Waals surface area contributed by atoms with Crippen molar-refractivity contribution in [1.82, 2.24) is 9.97 Å².